The second-order valence-corrected chi connectivity index (χ2v) is 21.6. The molecule has 0 fully saturated rings. The second kappa shape index (κ2) is 17.5. The summed E-state index contributed by atoms with van der Waals surface area (Å²) in [6, 6.07) is 105. The molecule has 13 aromatic carbocycles. The van der Waals surface area contributed by atoms with Gasteiger partial charge < -0.3 is 9.13 Å². The lowest BCUT2D eigenvalue weighted by Gasteiger charge is -2.36. The molecule has 2 heteroatoms. The van der Waals surface area contributed by atoms with E-state index in [1.807, 2.05) is 0 Å². The van der Waals surface area contributed by atoms with Crippen LogP contribution < -0.4 is 0 Å². The smallest absolute Gasteiger partial charge is 0.0719 e. The van der Waals surface area contributed by atoms with Crippen LogP contribution in [0.3, 0.4) is 0 Å². The number of benzene rings is 13. The summed E-state index contributed by atoms with van der Waals surface area (Å²) < 4.78 is 4.82. The van der Waals surface area contributed by atoms with Crippen LogP contribution in [0.5, 0.6) is 0 Å². The number of fused-ring (bicyclic) bond motifs is 11. The van der Waals surface area contributed by atoms with Crippen LogP contribution in [0.15, 0.2) is 279 Å². The lowest BCUT2D eigenvalue weighted by molar-refractivity contribution is 0.769. The minimum Gasteiger partial charge on any atom is -0.309 e. The van der Waals surface area contributed by atoms with Crippen molar-refractivity contribution in [2.75, 3.05) is 0 Å². The highest BCUT2D eigenvalue weighted by molar-refractivity contribution is 6.21. The Bertz CT molecular complexity index is 4680. The highest BCUT2D eigenvalue weighted by atomic mass is 15.0. The minimum absolute atomic E-state index is 0.621. The molecular formula is C77H52N2. The van der Waals surface area contributed by atoms with Crippen molar-refractivity contribution in [2.45, 2.75) is 19.3 Å². The van der Waals surface area contributed by atoms with Crippen LogP contribution in [-0.2, 0) is 5.41 Å². The number of aryl methyl sites for hydroxylation is 2. The van der Waals surface area contributed by atoms with Crippen LogP contribution in [0, 0.1) is 13.8 Å². The summed E-state index contributed by atoms with van der Waals surface area (Å²) in [7, 11) is 0. The summed E-state index contributed by atoms with van der Waals surface area (Å²) in [5, 5.41) is 9.83. The molecule has 0 atom stereocenters. The van der Waals surface area contributed by atoms with Gasteiger partial charge in [0.25, 0.3) is 0 Å². The van der Waals surface area contributed by atoms with E-state index >= 15 is 0 Å². The standard InChI is InChI=1S/C77H52N2/c1-49-34-40-53(41-35-49)77(54-42-36-50(2)37-43-54)70-31-12-9-22-59(70)64-29-17-30-65(76(64)77)75-62-27-15-25-57(51-38-44-73-68(46-51)60-23-10-13-32-71(60)78(73)55-18-5-3-6-19-55)66(62)48-67-58(26-16-28-63(67)75)52-39-45-74-69(47-52)61-24-11-14-33-72(61)79(74)56-20-7-4-8-21-56/h3-48H,1-2H3. The average Bonchev–Trinajstić information content (AvgIpc) is 4.16. The van der Waals surface area contributed by atoms with Gasteiger partial charge >= 0.3 is 0 Å². The van der Waals surface area contributed by atoms with Gasteiger partial charge in [-0.2, -0.15) is 0 Å². The molecule has 16 rings (SSSR count). The number of hydrogen-bond acceptors (Lipinski definition) is 0. The average molecular weight is 1010 g/mol. The van der Waals surface area contributed by atoms with E-state index in [2.05, 4.69) is 302 Å². The van der Waals surface area contributed by atoms with Crippen molar-refractivity contribution < 1.29 is 0 Å². The minimum atomic E-state index is -0.621. The van der Waals surface area contributed by atoms with E-state index in [1.165, 1.54) is 143 Å². The Kier molecular flexibility index (Phi) is 10.0. The van der Waals surface area contributed by atoms with Gasteiger partial charge in [0.2, 0.25) is 0 Å². The van der Waals surface area contributed by atoms with E-state index in [-0.39, 0.29) is 0 Å². The zero-order chi connectivity index (χ0) is 52.3. The fourth-order valence-corrected chi connectivity index (χ4v) is 13.9. The zero-order valence-electron chi connectivity index (χ0n) is 44.0. The van der Waals surface area contributed by atoms with E-state index in [1.54, 1.807) is 0 Å². The summed E-state index contributed by atoms with van der Waals surface area (Å²) in [6.45, 7) is 4.39. The molecule has 15 aromatic rings. The van der Waals surface area contributed by atoms with Crippen LogP contribution in [0.1, 0.15) is 33.4 Å². The molecule has 0 unspecified atom stereocenters. The Morgan fingerprint density at radius 1 is 0.266 bits per heavy atom. The third kappa shape index (κ3) is 6.65. The number of para-hydroxylation sites is 4. The van der Waals surface area contributed by atoms with E-state index in [9.17, 15) is 0 Å². The van der Waals surface area contributed by atoms with Gasteiger partial charge in [-0.25, -0.2) is 0 Å². The van der Waals surface area contributed by atoms with Crippen molar-refractivity contribution in [3.63, 3.8) is 0 Å². The third-order valence-electron chi connectivity index (χ3n) is 17.3. The summed E-state index contributed by atoms with van der Waals surface area (Å²) >= 11 is 0. The first-order valence-electron chi connectivity index (χ1n) is 27.6. The van der Waals surface area contributed by atoms with Crippen molar-refractivity contribution in [3.05, 3.63) is 312 Å². The number of nitrogens with zero attached hydrogens (tertiary/aromatic N) is 2. The first kappa shape index (κ1) is 45.2. The van der Waals surface area contributed by atoms with Crippen LogP contribution in [-0.4, -0.2) is 9.13 Å². The quantitative estimate of drug-likeness (QED) is 0.141. The number of hydrogen-bond donors (Lipinski definition) is 0. The lowest BCUT2D eigenvalue weighted by atomic mass is 9.65. The SMILES string of the molecule is Cc1ccc(C2(c3ccc(C)cc3)c3ccccc3-c3cccc(-c4c5cccc(-c6ccc7c(c6)c6ccccc6n7-c6ccccc6)c5cc5c(-c6ccc7c(c6)c6ccccc6n7-c6ccccc6)cccc45)c32)cc1. The summed E-state index contributed by atoms with van der Waals surface area (Å²) in [4.78, 5) is 0. The Hall–Kier alpha value is -10.0. The Balaban J connectivity index is 1.02. The molecule has 2 heterocycles. The molecule has 2 aromatic heterocycles. The maximum atomic E-state index is 2.51. The topological polar surface area (TPSA) is 9.86 Å². The number of rotatable bonds is 7. The zero-order valence-corrected chi connectivity index (χ0v) is 44.0. The molecular weight excluding hydrogens is 953 g/mol. The highest BCUT2D eigenvalue weighted by Gasteiger charge is 2.48. The highest BCUT2D eigenvalue weighted by Crippen LogP contribution is 2.60. The molecule has 0 radical (unpaired) electrons. The van der Waals surface area contributed by atoms with E-state index < -0.39 is 5.41 Å². The van der Waals surface area contributed by atoms with Crippen molar-refractivity contribution in [1.82, 2.24) is 9.13 Å². The van der Waals surface area contributed by atoms with Crippen LogP contribution in [0.4, 0.5) is 0 Å². The largest absolute Gasteiger partial charge is 0.309 e. The lowest BCUT2D eigenvalue weighted by Crippen LogP contribution is -2.29. The molecule has 2 nitrogen and oxygen atoms in total. The third-order valence-corrected chi connectivity index (χ3v) is 17.3. The van der Waals surface area contributed by atoms with Gasteiger partial charge in [-0.05, 0) is 169 Å². The number of aromatic nitrogens is 2. The Labute approximate surface area is 459 Å². The monoisotopic (exact) mass is 1000 g/mol. The van der Waals surface area contributed by atoms with Gasteiger partial charge in [-0.1, -0.05) is 223 Å². The normalized spacial score (nSPS) is 12.8. The summed E-state index contributed by atoms with van der Waals surface area (Å²) in [5.41, 5.74) is 23.9. The molecule has 0 bridgehead atoms. The molecule has 1 aliphatic rings. The first-order chi connectivity index (χ1) is 39.0. The summed E-state index contributed by atoms with van der Waals surface area (Å²) in [6.07, 6.45) is 0. The van der Waals surface area contributed by atoms with Crippen LogP contribution in [0.25, 0.3) is 121 Å². The van der Waals surface area contributed by atoms with Gasteiger partial charge in [-0.15, -0.1) is 0 Å². The van der Waals surface area contributed by atoms with Crippen molar-refractivity contribution in [3.8, 4) is 55.9 Å². The van der Waals surface area contributed by atoms with Gasteiger partial charge in [0.1, 0.15) is 0 Å². The molecule has 0 aliphatic heterocycles. The van der Waals surface area contributed by atoms with Crippen molar-refractivity contribution >= 4 is 65.2 Å². The first-order valence-corrected chi connectivity index (χ1v) is 27.6. The maximum absolute atomic E-state index is 2.51. The molecule has 0 amide bonds. The molecule has 0 N–H and O–H groups in total. The van der Waals surface area contributed by atoms with Gasteiger partial charge in [0.15, 0.2) is 0 Å². The van der Waals surface area contributed by atoms with E-state index in [0.29, 0.717) is 0 Å². The second-order valence-electron chi connectivity index (χ2n) is 21.6. The Morgan fingerprint density at radius 3 is 1.20 bits per heavy atom. The fourth-order valence-electron chi connectivity index (χ4n) is 13.9. The van der Waals surface area contributed by atoms with Gasteiger partial charge in [0.05, 0.1) is 27.5 Å². The molecule has 1 aliphatic carbocycles. The molecule has 0 saturated heterocycles. The Morgan fingerprint density at radius 2 is 0.671 bits per heavy atom. The fraction of sp³-hybridized carbons (Fsp3) is 0.0390. The van der Waals surface area contributed by atoms with Crippen LogP contribution >= 0.6 is 0 Å². The van der Waals surface area contributed by atoms with E-state index in [4.69, 9.17) is 0 Å². The van der Waals surface area contributed by atoms with Gasteiger partial charge in [0, 0.05) is 32.9 Å². The van der Waals surface area contributed by atoms with Crippen LogP contribution in [0.2, 0.25) is 0 Å². The predicted octanol–water partition coefficient (Wildman–Crippen LogP) is 20.2. The van der Waals surface area contributed by atoms with Gasteiger partial charge in [-0.3, -0.25) is 0 Å². The van der Waals surface area contributed by atoms with Crippen molar-refractivity contribution in [2.24, 2.45) is 0 Å². The summed E-state index contributed by atoms with van der Waals surface area (Å²) in [5.74, 6) is 0. The maximum Gasteiger partial charge on any atom is 0.0719 e. The molecule has 0 saturated carbocycles. The van der Waals surface area contributed by atoms with E-state index in [0.717, 1.165) is 11.4 Å². The predicted molar refractivity (Wildman–Crippen MR) is 333 cm³/mol. The molecule has 79 heavy (non-hydrogen) atoms. The van der Waals surface area contributed by atoms with Crippen molar-refractivity contribution in [1.29, 1.82) is 0 Å². The molecule has 0 spiro atoms. The molecule has 370 valence electrons.